The Morgan fingerprint density at radius 1 is 1.21 bits per heavy atom. The van der Waals surface area contributed by atoms with Gasteiger partial charge in [0.2, 0.25) is 0 Å². The molecule has 0 fully saturated rings. The van der Waals surface area contributed by atoms with Crippen molar-refractivity contribution in [1.82, 2.24) is 5.32 Å². The molecule has 1 aromatic carbocycles. The predicted molar refractivity (Wildman–Crippen MR) is 76.2 cm³/mol. The zero-order valence-electron chi connectivity index (χ0n) is 12.2. The maximum Gasteiger partial charge on any atom is 0.179 e. The molecule has 0 aromatic heterocycles. The van der Waals surface area contributed by atoms with Crippen molar-refractivity contribution in [1.29, 1.82) is 0 Å². The van der Waals surface area contributed by atoms with Crippen LogP contribution in [-0.4, -0.2) is 32.6 Å². The van der Waals surface area contributed by atoms with Crippen molar-refractivity contribution in [2.24, 2.45) is 0 Å². The Labute approximate surface area is 115 Å². The van der Waals surface area contributed by atoms with E-state index < -0.39 is 0 Å². The Morgan fingerprint density at radius 3 is 2.42 bits per heavy atom. The zero-order valence-corrected chi connectivity index (χ0v) is 12.2. The van der Waals surface area contributed by atoms with E-state index in [0.29, 0.717) is 17.1 Å². The molecule has 0 saturated heterocycles. The van der Waals surface area contributed by atoms with Crippen LogP contribution in [0.15, 0.2) is 18.2 Å². The lowest BCUT2D eigenvalue weighted by molar-refractivity contribution is 0.0938. The predicted octanol–water partition coefficient (Wildman–Crippen LogP) is 2.66. The van der Waals surface area contributed by atoms with Crippen molar-refractivity contribution in [3.05, 3.63) is 23.8 Å². The number of likely N-dealkylation sites (N-methyl/N-ethyl adjacent to an activating group) is 1. The molecular weight excluding hydrogens is 242 g/mol. The van der Waals surface area contributed by atoms with Crippen LogP contribution in [0.1, 0.15) is 37.0 Å². The van der Waals surface area contributed by atoms with Crippen LogP contribution in [0.3, 0.4) is 0 Å². The quantitative estimate of drug-likeness (QED) is 0.734. The van der Waals surface area contributed by atoms with E-state index in [-0.39, 0.29) is 11.8 Å². The highest BCUT2D eigenvalue weighted by atomic mass is 16.5. The summed E-state index contributed by atoms with van der Waals surface area (Å²) in [6.07, 6.45) is 1.80. The van der Waals surface area contributed by atoms with Crippen LogP contribution < -0.4 is 14.8 Å². The fraction of sp³-hybridized carbons (Fsp3) is 0.533. The minimum absolute atomic E-state index is 0.102. The number of hydrogen-bond acceptors (Lipinski definition) is 4. The third-order valence-corrected chi connectivity index (χ3v) is 3.01. The van der Waals surface area contributed by atoms with Crippen molar-refractivity contribution < 1.29 is 14.3 Å². The number of Topliss-reactive ketones (excluding diaryl/α,β-unsaturated/α-hetero) is 1. The van der Waals surface area contributed by atoms with Gasteiger partial charge in [-0.05, 0) is 31.2 Å². The molecule has 0 amide bonds. The van der Waals surface area contributed by atoms with Gasteiger partial charge in [-0.15, -0.1) is 0 Å². The molecule has 19 heavy (non-hydrogen) atoms. The highest BCUT2D eigenvalue weighted by Crippen LogP contribution is 2.28. The van der Waals surface area contributed by atoms with Gasteiger partial charge in [-0.1, -0.05) is 20.3 Å². The molecule has 0 aliphatic heterocycles. The summed E-state index contributed by atoms with van der Waals surface area (Å²) < 4.78 is 10.4. The molecule has 1 rings (SSSR count). The zero-order chi connectivity index (χ0) is 14.3. The average molecular weight is 265 g/mol. The van der Waals surface area contributed by atoms with Crippen LogP contribution >= 0.6 is 0 Å². The molecule has 1 N–H and O–H groups in total. The van der Waals surface area contributed by atoms with Crippen LogP contribution in [0.25, 0.3) is 0 Å². The Morgan fingerprint density at radius 2 is 1.89 bits per heavy atom. The summed E-state index contributed by atoms with van der Waals surface area (Å²) >= 11 is 0. The smallest absolute Gasteiger partial charge is 0.179 e. The van der Waals surface area contributed by atoms with E-state index in [4.69, 9.17) is 9.47 Å². The first-order chi connectivity index (χ1) is 9.17. The summed E-state index contributed by atoms with van der Waals surface area (Å²) in [5.41, 5.74) is 0.650. The lowest BCUT2D eigenvalue weighted by Crippen LogP contribution is -2.36. The summed E-state index contributed by atoms with van der Waals surface area (Å²) in [6, 6.07) is 5.15. The fourth-order valence-corrected chi connectivity index (χ4v) is 2.05. The van der Waals surface area contributed by atoms with E-state index in [1.165, 1.54) is 0 Å². The van der Waals surface area contributed by atoms with Gasteiger partial charge in [-0.25, -0.2) is 0 Å². The number of ether oxygens (including phenoxy) is 2. The second-order valence-electron chi connectivity index (χ2n) is 4.33. The first-order valence-corrected chi connectivity index (χ1v) is 6.67. The molecule has 4 heteroatoms. The third-order valence-electron chi connectivity index (χ3n) is 3.01. The number of carbonyl (C=O) groups excluding carboxylic acids is 1. The van der Waals surface area contributed by atoms with Gasteiger partial charge in [-0.2, -0.15) is 0 Å². The molecule has 0 radical (unpaired) electrons. The average Bonchev–Trinajstić information content (AvgIpc) is 2.45. The number of benzene rings is 1. The summed E-state index contributed by atoms with van der Waals surface area (Å²) in [4.78, 5) is 12.4. The van der Waals surface area contributed by atoms with E-state index >= 15 is 0 Å². The number of ketones is 1. The minimum atomic E-state index is -0.131. The van der Waals surface area contributed by atoms with Gasteiger partial charge in [0.1, 0.15) is 0 Å². The minimum Gasteiger partial charge on any atom is -0.493 e. The van der Waals surface area contributed by atoms with Crippen molar-refractivity contribution in [3.63, 3.8) is 0 Å². The molecule has 4 nitrogen and oxygen atoms in total. The monoisotopic (exact) mass is 265 g/mol. The molecule has 0 unspecified atom stereocenters. The number of nitrogens with one attached hydrogen (secondary N) is 1. The van der Waals surface area contributed by atoms with E-state index in [1.807, 2.05) is 6.92 Å². The first-order valence-electron chi connectivity index (χ1n) is 6.67. The number of carbonyl (C=O) groups is 1. The fourth-order valence-electron chi connectivity index (χ4n) is 2.05. The highest BCUT2D eigenvalue weighted by molar-refractivity contribution is 6.00. The second-order valence-corrected chi connectivity index (χ2v) is 4.33. The van der Waals surface area contributed by atoms with Crippen molar-refractivity contribution in [2.75, 3.05) is 20.8 Å². The standard InChI is InChI=1S/C15H23NO3/c1-5-7-12(16-6-2)15(17)11-8-9-13(18-3)14(10-11)19-4/h8-10,12,16H,5-7H2,1-4H3/t12-/m1/s1. The van der Waals surface area contributed by atoms with E-state index in [1.54, 1.807) is 32.4 Å². The van der Waals surface area contributed by atoms with Gasteiger partial charge in [0, 0.05) is 5.56 Å². The van der Waals surface area contributed by atoms with Crippen molar-refractivity contribution in [2.45, 2.75) is 32.7 Å². The third kappa shape index (κ3) is 3.96. The van der Waals surface area contributed by atoms with Crippen LogP contribution in [0.4, 0.5) is 0 Å². The maximum absolute atomic E-state index is 12.4. The lowest BCUT2D eigenvalue weighted by atomic mass is 10.00. The molecule has 0 aliphatic carbocycles. The highest BCUT2D eigenvalue weighted by Gasteiger charge is 2.19. The summed E-state index contributed by atoms with van der Waals surface area (Å²) in [7, 11) is 3.15. The Balaban J connectivity index is 2.97. The SMILES string of the molecule is CCC[C@@H](NCC)C(=O)c1ccc(OC)c(OC)c1. The molecule has 1 aromatic rings. The normalized spacial score (nSPS) is 12.0. The summed E-state index contributed by atoms with van der Waals surface area (Å²) in [6.45, 7) is 4.86. The van der Waals surface area contributed by atoms with Crippen LogP contribution in [0.5, 0.6) is 11.5 Å². The van der Waals surface area contributed by atoms with Gasteiger partial charge in [0.15, 0.2) is 17.3 Å². The van der Waals surface area contributed by atoms with Gasteiger partial charge >= 0.3 is 0 Å². The molecule has 0 aliphatic rings. The van der Waals surface area contributed by atoms with Crippen molar-refractivity contribution >= 4 is 5.78 Å². The van der Waals surface area contributed by atoms with E-state index in [9.17, 15) is 4.79 Å². The summed E-state index contributed by atoms with van der Waals surface area (Å²) in [5.74, 6) is 1.32. The van der Waals surface area contributed by atoms with Gasteiger partial charge in [-0.3, -0.25) is 4.79 Å². The topological polar surface area (TPSA) is 47.6 Å². The van der Waals surface area contributed by atoms with Crippen LogP contribution in [-0.2, 0) is 0 Å². The molecule has 0 bridgehead atoms. The number of rotatable bonds is 8. The molecule has 106 valence electrons. The summed E-state index contributed by atoms with van der Waals surface area (Å²) in [5, 5.41) is 3.23. The largest absolute Gasteiger partial charge is 0.493 e. The second kappa shape index (κ2) is 7.79. The molecular formula is C15H23NO3. The van der Waals surface area contributed by atoms with Gasteiger partial charge < -0.3 is 14.8 Å². The van der Waals surface area contributed by atoms with Crippen LogP contribution in [0.2, 0.25) is 0 Å². The molecule has 0 heterocycles. The Hall–Kier alpha value is -1.55. The first kappa shape index (κ1) is 15.5. The van der Waals surface area contributed by atoms with E-state index in [0.717, 1.165) is 19.4 Å². The van der Waals surface area contributed by atoms with Gasteiger partial charge in [0.05, 0.1) is 20.3 Å². The number of methoxy groups -OCH3 is 2. The molecule has 0 saturated carbocycles. The molecule has 1 atom stereocenters. The maximum atomic E-state index is 12.4. The lowest BCUT2D eigenvalue weighted by Gasteiger charge is -2.16. The van der Waals surface area contributed by atoms with Gasteiger partial charge in [0.25, 0.3) is 0 Å². The Bertz CT molecular complexity index is 412. The Kier molecular flexibility index (Phi) is 6.36. The van der Waals surface area contributed by atoms with Crippen LogP contribution in [0, 0.1) is 0 Å². The van der Waals surface area contributed by atoms with Crippen molar-refractivity contribution in [3.8, 4) is 11.5 Å². The number of hydrogen-bond donors (Lipinski definition) is 1. The van der Waals surface area contributed by atoms with E-state index in [2.05, 4.69) is 12.2 Å². The molecule has 0 spiro atoms.